The van der Waals surface area contributed by atoms with Gasteiger partial charge in [-0.3, -0.25) is 0 Å². The molecule has 2 N–H and O–H groups in total. The summed E-state index contributed by atoms with van der Waals surface area (Å²) >= 11 is 6.15. The van der Waals surface area contributed by atoms with E-state index in [0.29, 0.717) is 29.6 Å². The molecule has 0 heterocycles. The van der Waals surface area contributed by atoms with Gasteiger partial charge in [-0.1, -0.05) is 25.4 Å². The summed E-state index contributed by atoms with van der Waals surface area (Å²) in [4.78, 5) is 0. The molecule has 0 atom stereocenters. The molecule has 1 aromatic rings. The van der Waals surface area contributed by atoms with E-state index < -0.39 is 5.60 Å². The van der Waals surface area contributed by atoms with Crippen molar-refractivity contribution in [1.82, 2.24) is 5.32 Å². The first-order valence-electron chi connectivity index (χ1n) is 6.83. The average molecular weight is 302 g/mol. The topological polar surface area (TPSA) is 50.7 Å². The summed E-state index contributed by atoms with van der Waals surface area (Å²) in [5.41, 5.74) is 0.336. The van der Waals surface area contributed by atoms with E-state index in [1.165, 1.54) is 0 Å². The Morgan fingerprint density at radius 1 is 1.20 bits per heavy atom. The van der Waals surface area contributed by atoms with Crippen molar-refractivity contribution >= 4 is 11.6 Å². The number of hydrogen-bond donors (Lipinski definition) is 2. The maximum Gasteiger partial charge on any atom is 0.179 e. The summed E-state index contributed by atoms with van der Waals surface area (Å²) in [5, 5.41) is 14.0. The minimum absolute atomic E-state index is 0.518. The summed E-state index contributed by atoms with van der Waals surface area (Å²) in [7, 11) is 3.14. The van der Waals surface area contributed by atoms with E-state index in [2.05, 4.69) is 5.32 Å². The Balaban J connectivity index is 2.72. The van der Waals surface area contributed by atoms with Gasteiger partial charge in [0.1, 0.15) is 0 Å². The van der Waals surface area contributed by atoms with Crippen LogP contribution in [0, 0.1) is 0 Å². The zero-order chi connectivity index (χ0) is 15.2. The molecule has 20 heavy (non-hydrogen) atoms. The second-order valence-corrected chi connectivity index (χ2v) is 5.26. The fourth-order valence-electron chi connectivity index (χ4n) is 2.01. The van der Waals surface area contributed by atoms with E-state index in [0.717, 1.165) is 18.4 Å². The van der Waals surface area contributed by atoms with Crippen molar-refractivity contribution in [2.45, 2.75) is 38.8 Å². The van der Waals surface area contributed by atoms with Crippen LogP contribution in [0.2, 0.25) is 5.02 Å². The van der Waals surface area contributed by atoms with Crippen LogP contribution < -0.4 is 14.8 Å². The van der Waals surface area contributed by atoms with Gasteiger partial charge < -0.3 is 19.9 Å². The zero-order valence-electron chi connectivity index (χ0n) is 12.6. The lowest BCUT2D eigenvalue weighted by atomic mass is 9.97. The lowest BCUT2D eigenvalue weighted by Gasteiger charge is -2.25. The van der Waals surface area contributed by atoms with Crippen LogP contribution in [0.5, 0.6) is 11.5 Å². The third-order valence-electron chi connectivity index (χ3n) is 3.59. The third kappa shape index (κ3) is 4.27. The Morgan fingerprint density at radius 3 is 2.35 bits per heavy atom. The molecule has 4 nitrogen and oxygen atoms in total. The van der Waals surface area contributed by atoms with Gasteiger partial charge in [0.05, 0.1) is 24.8 Å². The van der Waals surface area contributed by atoms with Crippen molar-refractivity contribution in [3.63, 3.8) is 0 Å². The molecule has 0 saturated heterocycles. The molecule has 0 aromatic heterocycles. The molecule has 0 radical (unpaired) electrons. The van der Waals surface area contributed by atoms with Gasteiger partial charge in [0.15, 0.2) is 11.5 Å². The zero-order valence-corrected chi connectivity index (χ0v) is 13.4. The van der Waals surface area contributed by atoms with Crippen LogP contribution in [0.4, 0.5) is 0 Å². The van der Waals surface area contributed by atoms with Gasteiger partial charge in [-0.15, -0.1) is 0 Å². The minimum atomic E-state index is -0.652. The van der Waals surface area contributed by atoms with Gasteiger partial charge in [-0.2, -0.15) is 0 Å². The van der Waals surface area contributed by atoms with Gasteiger partial charge in [-0.05, 0) is 30.5 Å². The second kappa shape index (κ2) is 7.72. The van der Waals surface area contributed by atoms with Gasteiger partial charge in [-0.25, -0.2) is 0 Å². The maximum atomic E-state index is 10.2. The number of methoxy groups -OCH3 is 2. The predicted octanol–water partition coefficient (Wildman–Crippen LogP) is 3.00. The first-order chi connectivity index (χ1) is 9.49. The largest absolute Gasteiger partial charge is 0.493 e. The highest BCUT2D eigenvalue weighted by atomic mass is 35.5. The van der Waals surface area contributed by atoms with Crippen LogP contribution in [0.3, 0.4) is 0 Å². The highest BCUT2D eigenvalue weighted by Crippen LogP contribution is 2.35. The van der Waals surface area contributed by atoms with Gasteiger partial charge in [0, 0.05) is 13.1 Å². The van der Waals surface area contributed by atoms with Gasteiger partial charge in [0.2, 0.25) is 0 Å². The standard InChI is InChI=1S/C15H24ClNO3/c1-5-15(18,6-2)10-17-9-11-7-12(16)14(20-4)13(8-11)19-3/h7-8,17-18H,5-6,9-10H2,1-4H3. The molecule has 0 amide bonds. The molecule has 1 aromatic carbocycles. The molecule has 5 heteroatoms. The first-order valence-corrected chi connectivity index (χ1v) is 7.21. The Morgan fingerprint density at radius 2 is 1.85 bits per heavy atom. The average Bonchev–Trinajstić information content (AvgIpc) is 2.46. The number of benzene rings is 1. The van der Waals surface area contributed by atoms with Crippen molar-refractivity contribution in [2.24, 2.45) is 0 Å². The molecule has 0 spiro atoms. The molecule has 0 fully saturated rings. The molecule has 0 unspecified atom stereocenters. The summed E-state index contributed by atoms with van der Waals surface area (Å²) in [6, 6.07) is 3.72. The fraction of sp³-hybridized carbons (Fsp3) is 0.600. The van der Waals surface area contributed by atoms with Crippen molar-refractivity contribution in [3.8, 4) is 11.5 Å². The molecule has 0 aliphatic heterocycles. The number of aliphatic hydroxyl groups is 1. The summed E-state index contributed by atoms with van der Waals surface area (Å²) < 4.78 is 10.5. The van der Waals surface area contributed by atoms with Crippen LogP contribution in [0.25, 0.3) is 0 Å². The third-order valence-corrected chi connectivity index (χ3v) is 3.87. The lowest BCUT2D eigenvalue weighted by Crippen LogP contribution is -2.39. The lowest BCUT2D eigenvalue weighted by molar-refractivity contribution is 0.0323. The summed E-state index contributed by atoms with van der Waals surface area (Å²) in [5.74, 6) is 1.15. The van der Waals surface area contributed by atoms with E-state index in [9.17, 15) is 5.11 Å². The van der Waals surface area contributed by atoms with Crippen LogP contribution >= 0.6 is 11.6 Å². The maximum absolute atomic E-state index is 10.2. The van der Waals surface area contributed by atoms with Crippen LogP contribution in [0.1, 0.15) is 32.3 Å². The quantitative estimate of drug-likeness (QED) is 0.775. The Hall–Kier alpha value is -0.970. The SMILES string of the molecule is CCC(O)(CC)CNCc1cc(Cl)c(OC)c(OC)c1. The summed E-state index contributed by atoms with van der Waals surface area (Å²) in [6.45, 7) is 5.13. The minimum Gasteiger partial charge on any atom is -0.493 e. The van der Waals surface area contributed by atoms with E-state index >= 15 is 0 Å². The highest BCUT2D eigenvalue weighted by Gasteiger charge is 2.21. The predicted molar refractivity (Wildman–Crippen MR) is 81.8 cm³/mol. The molecule has 1 rings (SSSR count). The molecule has 0 aliphatic carbocycles. The summed E-state index contributed by atoms with van der Waals surface area (Å²) in [6.07, 6.45) is 1.45. The number of hydrogen-bond acceptors (Lipinski definition) is 4. The normalized spacial score (nSPS) is 11.5. The smallest absolute Gasteiger partial charge is 0.179 e. The van der Waals surface area contributed by atoms with Crippen LogP contribution in [0.15, 0.2) is 12.1 Å². The Bertz CT molecular complexity index is 433. The number of halogens is 1. The first kappa shape index (κ1) is 17.1. The molecule has 0 bridgehead atoms. The van der Waals surface area contributed by atoms with Gasteiger partial charge >= 0.3 is 0 Å². The van der Waals surface area contributed by atoms with E-state index in [1.54, 1.807) is 14.2 Å². The van der Waals surface area contributed by atoms with E-state index in [-0.39, 0.29) is 0 Å². The van der Waals surface area contributed by atoms with E-state index in [1.807, 2.05) is 26.0 Å². The van der Waals surface area contributed by atoms with Crippen LogP contribution in [-0.4, -0.2) is 31.5 Å². The number of rotatable bonds is 8. The van der Waals surface area contributed by atoms with Crippen molar-refractivity contribution in [2.75, 3.05) is 20.8 Å². The Kier molecular flexibility index (Phi) is 6.59. The fourth-order valence-corrected chi connectivity index (χ4v) is 2.32. The van der Waals surface area contributed by atoms with E-state index in [4.69, 9.17) is 21.1 Å². The van der Waals surface area contributed by atoms with Crippen molar-refractivity contribution in [1.29, 1.82) is 0 Å². The molecule has 114 valence electrons. The molecule has 0 aliphatic rings. The van der Waals surface area contributed by atoms with Crippen molar-refractivity contribution in [3.05, 3.63) is 22.7 Å². The van der Waals surface area contributed by atoms with Crippen LogP contribution in [-0.2, 0) is 6.54 Å². The molecular weight excluding hydrogens is 278 g/mol. The number of nitrogens with one attached hydrogen (secondary N) is 1. The monoisotopic (exact) mass is 301 g/mol. The van der Waals surface area contributed by atoms with Crippen molar-refractivity contribution < 1.29 is 14.6 Å². The molecular formula is C15H24ClNO3. The van der Waals surface area contributed by atoms with Gasteiger partial charge in [0.25, 0.3) is 0 Å². The Labute approximate surface area is 126 Å². The number of ether oxygens (including phenoxy) is 2. The highest BCUT2D eigenvalue weighted by molar-refractivity contribution is 6.32. The molecule has 0 saturated carbocycles. The second-order valence-electron chi connectivity index (χ2n) is 4.85.